The van der Waals surface area contributed by atoms with E-state index in [0.717, 1.165) is 12.0 Å². The van der Waals surface area contributed by atoms with E-state index in [0.29, 0.717) is 36.3 Å². The number of hydrogen-bond donors (Lipinski definition) is 0. The van der Waals surface area contributed by atoms with Gasteiger partial charge < -0.3 is 14.0 Å². The smallest absolute Gasteiger partial charge is 0.250 e. The maximum absolute atomic E-state index is 11.7. The first-order valence-corrected chi connectivity index (χ1v) is 6.85. The minimum Gasteiger partial charge on any atom is -0.489 e. The van der Waals surface area contributed by atoms with Crippen LogP contribution in [0.25, 0.3) is 0 Å². The highest BCUT2D eigenvalue weighted by Gasteiger charge is 2.15. The van der Waals surface area contributed by atoms with E-state index >= 15 is 0 Å². The average molecular weight is 292 g/mol. The molecule has 0 atom stereocenters. The number of aromatic nitrogens is 1. The highest BCUT2D eigenvalue weighted by molar-refractivity contribution is 6.32. The van der Waals surface area contributed by atoms with Crippen LogP contribution >= 0.6 is 11.6 Å². The molecule has 1 aromatic heterocycles. The maximum atomic E-state index is 11.7. The number of rotatable bonds is 2. The molecule has 0 fully saturated rings. The molecule has 0 saturated carbocycles. The summed E-state index contributed by atoms with van der Waals surface area (Å²) < 4.78 is 12.8. The van der Waals surface area contributed by atoms with Gasteiger partial charge in [-0.25, -0.2) is 0 Å². The van der Waals surface area contributed by atoms with Gasteiger partial charge >= 0.3 is 0 Å². The molecule has 0 spiro atoms. The predicted octanol–water partition coefficient (Wildman–Crippen LogP) is 2.71. The summed E-state index contributed by atoms with van der Waals surface area (Å²) in [6, 6.07) is 8.77. The van der Waals surface area contributed by atoms with Gasteiger partial charge in [-0.15, -0.1) is 0 Å². The van der Waals surface area contributed by atoms with E-state index in [9.17, 15) is 4.79 Å². The number of benzene rings is 1. The average Bonchev–Trinajstić information content (AvgIpc) is 2.67. The summed E-state index contributed by atoms with van der Waals surface area (Å²) in [4.78, 5) is 11.7. The van der Waals surface area contributed by atoms with E-state index in [1.807, 2.05) is 18.2 Å². The molecule has 0 unspecified atom stereocenters. The monoisotopic (exact) mass is 291 g/mol. The molecule has 2 heterocycles. The van der Waals surface area contributed by atoms with Crippen LogP contribution in [-0.4, -0.2) is 17.8 Å². The third-order valence-electron chi connectivity index (χ3n) is 3.11. The quantitative estimate of drug-likeness (QED) is 0.854. The molecule has 0 radical (unpaired) electrons. The molecule has 5 heteroatoms. The summed E-state index contributed by atoms with van der Waals surface area (Å²) in [5.41, 5.74) is 0.864. The number of nitrogens with zero attached hydrogens (tertiary/aromatic N) is 1. The van der Waals surface area contributed by atoms with Crippen molar-refractivity contribution in [2.24, 2.45) is 0 Å². The first-order valence-electron chi connectivity index (χ1n) is 6.47. The second-order valence-corrected chi connectivity index (χ2v) is 5.03. The van der Waals surface area contributed by atoms with Crippen molar-refractivity contribution in [3.05, 3.63) is 57.5 Å². The fourth-order valence-corrected chi connectivity index (χ4v) is 2.45. The van der Waals surface area contributed by atoms with Crippen LogP contribution < -0.4 is 15.0 Å². The van der Waals surface area contributed by atoms with Crippen LogP contribution in [0.2, 0.25) is 5.02 Å². The van der Waals surface area contributed by atoms with Crippen LogP contribution in [0.1, 0.15) is 12.0 Å². The van der Waals surface area contributed by atoms with E-state index in [2.05, 4.69) is 0 Å². The zero-order valence-corrected chi connectivity index (χ0v) is 11.6. The Morgan fingerprint density at radius 3 is 2.90 bits per heavy atom. The molecule has 4 nitrogen and oxygen atoms in total. The topological polar surface area (TPSA) is 40.5 Å². The Hall–Kier alpha value is -1.94. The van der Waals surface area contributed by atoms with Gasteiger partial charge in [-0.2, -0.15) is 0 Å². The molecule has 2 aromatic rings. The summed E-state index contributed by atoms with van der Waals surface area (Å²) in [6.45, 7) is 1.66. The highest BCUT2D eigenvalue weighted by Crippen LogP contribution is 2.38. The first kappa shape index (κ1) is 13.1. The molecule has 104 valence electrons. The van der Waals surface area contributed by atoms with Crippen molar-refractivity contribution >= 4 is 11.6 Å². The summed E-state index contributed by atoms with van der Waals surface area (Å²) in [6.07, 6.45) is 2.58. The standard InChI is InChI=1S/C15H14ClNO3/c16-12-8-11(10-17-5-2-1-4-14(17)18)9-13-15(12)20-7-3-6-19-13/h1-2,4-5,8-9H,3,6-7,10H2. The van der Waals surface area contributed by atoms with Crippen molar-refractivity contribution in [1.82, 2.24) is 4.57 Å². The van der Waals surface area contributed by atoms with E-state index < -0.39 is 0 Å². The summed E-state index contributed by atoms with van der Waals surface area (Å²) >= 11 is 6.23. The number of ether oxygens (including phenoxy) is 2. The normalized spacial score (nSPS) is 13.8. The zero-order valence-electron chi connectivity index (χ0n) is 10.8. The Morgan fingerprint density at radius 1 is 1.20 bits per heavy atom. The van der Waals surface area contributed by atoms with Crippen LogP contribution in [-0.2, 0) is 6.54 Å². The van der Waals surface area contributed by atoms with Crippen LogP contribution in [0.4, 0.5) is 0 Å². The van der Waals surface area contributed by atoms with E-state index in [1.54, 1.807) is 16.8 Å². The minimum absolute atomic E-state index is 0.0456. The molecule has 3 rings (SSSR count). The number of pyridine rings is 1. The molecule has 0 saturated heterocycles. The van der Waals surface area contributed by atoms with Gasteiger partial charge in [-0.1, -0.05) is 17.7 Å². The number of fused-ring (bicyclic) bond motifs is 1. The Labute approximate surface area is 121 Å². The predicted molar refractivity (Wildman–Crippen MR) is 76.9 cm³/mol. The van der Waals surface area contributed by atoms with Crippen LogP contribution in [0.15, 0.2) is 41.3 Å². The molecule has 20 heavy (non-hydrogen) atoms. The van der Waals surface area contributed by atoms with Crippen molar-refractivity contribution in [3.63, 3.8) is 0 Å². The number of halogens is 1. The molecule has 1 aromatic carbocycles. The van der Waals surface area contributed by atoms with Gasteiger partial charge in [-0.3, -0.25) is 4.79 Å². The molecular formula is C15H14ClNO3. The molecule has 0 aliphatic carbocycles. The van der Waals surface area contributed by atoms with Gasteiger partial charge in [0.25, 0.3) is 5.56 Å². The molecule has 0 N–H and O–H groups in total. The van der Waals surface area contributed by atoms with Gasteiger partial charge in [0.05, 0.1) is 24.8 Å². The van der Waals surface area contributed by atoms with Crippen molar-refractivity contribution in [2.45, 2.75) is 13.0 Å². The largest absolute Gasteiger partial charge is 0.489 e. The third-order valence-corrected chi connectivity index (χ3v) is 3.39. The van der Waals surface area contributed by atoms with Crippen LogP contribution in [0, 0.1) is 0 Å². The van der Waals surface area contributed by atoms with Gasteiger partial charge in [0.1, 0.15) is 0 Å². The van der Waals surface area contributed by atoms with Crippen molar-refractivity contribution in [2.75, 3.05) is 13.2 Å². The summed E-state index contributed by atoms with van der Waals surface area (Å²) in [5, 5.41) is 0.517. The van der Waals surface area contributed by atoms with Gasteiger partial charge in [0, 0.05) is 18.7 Å². The van der Waals surface area contributed by atoms with Crippen molar-refractivity contribution in [1.29, 1.82) is 0 Å². The fourth-order valence-electron chi connectivity index (χ4n) is 2.16. The van der Waals surface area contributed by atoms with Gasteiger partial charge in [-0.05, 0) is 23.8 Å². The fraction of sp³-hybridized carbons (Fsp3) is 0.267. The van der Waals surface area contributed by atoms with Crippen molar-refractivity contribution in [3.8, 4) is 11.5 Å². The van der Waals surface area contributed by atoms with Crippen LogP contribution in [0.5, 0.6) is 11.5 Å². The van der Waals surface area contributed by atoms with Gasteiger partial charge in [0.2, 0.25) is 0 Å². The summed E-state index contributed by atoms with van der Waals surface area (Å²) in [7, 11) is 0. The SMILES string of the molecule is O=c1ccccn1Cc1cc(Cl)c2c(c1)OCCCO2. The Morgan fingerprint density at radius 2 is 2.05 bits per heavy atom. The third kappa shape index (κ3) is 2.65. The molecule has 1 aliphatic heterocycles. The lowest BCUT2D eigenvalue weighted by atomic mass is 10.2. The summed E-state index contributed by atoms with van der Waals surface area (Å²) in [5.74, 6) is 1.24. The lowest BCUT2D eigenvalue weighted by Crippen LogP contribution is -2.18. The molecular weight excluding hydrogens is 278 g/mol. The van der Waals surface area contributed by atoms with Crippen LogP contribution in [0.3, 0.4) is 0 Å². The Kier molecular flexibility index (Phi) is 3.65. The van der Waals surface area contributed by atoms with Crippen molar-refractivity contribution < 1.29 is 9.47 Å². The zero-order chi connectivity index (χ0) is 13.9. The minimum atomic E-state index is -0.0456. The number of hydrogen-bond acceptors (Lipinski definition) is 3. The Bertz CT molecular complexity index is 681. The second kappa shape index (κ2) is 5.59. The lowest BCUT2D eigenvalue weighted by Gasteiger charge is -2.12. The first-order chi connectivity index (χ1) is 9.74. The maximum Gasteiger partial charge on any atom is 0.250 e. The molecule has 0 bridgehead atoms. The molecule has 1 aliphatic rings. The Balaban J connectivity index is 1.95. The lowest BCUT2D eigenvalue weighted by molar-refractivity contribution is 0.297. The van der Waals surface area contributed by atoms with E-state index in [1.165, 1.54) is 6.07 Å². The second-order valence-electron chi connectivity index (χ2n) is 4.62. The van der Waals surface area contributed by atoms with Gasteiger partial charge in [0.15, 0.2) is 11.5 Å². The molecule has 0 amide bonds. The van der Waals surface area contributed by atoms with E-state index in [-0.39, 0.29) is 5.56 Å². The van der Waals surface area contributed by atoms with E-state index in [4.69, 9.17) is 21.1 Å². The highest BCUT2D eigenvalue weighted by atomic mass is 35.5.